The molecule has 1 aromatic rings. The number of aryl methyl sites for hydroxylation is 2. The van der Waals surface area contributed by atoms with E-state index in [1.54, 1.807) is 19.1 Å². The standard InChI is InChI=1S/C12H17NO2S/c1-9(2)8-13-16(14,15)12-6-10(3)5-11(4)7-12/h5-7,13H,1,8H2,2-4H3. The lowest BCUT2D eigenvalue weighted by Gasteiger charge is -2.08. The summed E-state index contributed by atoms with van der Waals surface area (Å²) in [7, 11) is -3.41. The van der Waals surface area contributed by atoms with E-state index < -0.39 is 10.0 Å². The summed E-state index contributed by atoms with van der Waals surface area (Å²) in [6, 6.07) is 5.26. The molecular weight excluding hydrogens is 222 g/mol. The van der Waals surface area contributed by atoms with Crippen molar-refractivity contribution < 1.29 is 8.42 Å². The topological polar surface area (TPSA) is 46.2 Å². The van der Waals surface area contributed by atoms with Gasteiger partial charge in [0.1, 0.15) is 0 Å². The maximum atomic E-state index is 11.9. The van der Waals surface area contributed by atoms with Crippen molar-refractivity contribution >= 4 is 10.0 Å². The summed E-state index contributed by atoms with van der Waals surface area (Å²) in [6.45, 7) is 9.47. The molecule has 0 saturated carbocycles. The van der Waals surface area contributed by atoms with Crippen molar-refractivity contribution in [1.29, 1.82) is 0 Å². The molecule has 0 aliphatic rings. The van der Waals surface area contributed by atoms with Gasteiger partial charge in [0, 0.05) is 6.54 Å². The van der Waals surface area contributed by atoms with Gasteiger partial charge >= 0.3 is 0 Å². The number of nitrogens with one attached hydrogen (secondary N) is 1. The summed E-state index contributed by atoms with van der Waals surface area (Å²) < 4.78 is 26.3. The van der Waals surface area contributed by atoms with Gasteiger partial charge in [0.15, 0.2) is 0 Å². The summed E-state index contributed by atoms with van der Waals surface area (Å²) in [5, 5.41) is 0. The molecular formula is C12H17NO2S. The van der Waals surface area contributed by atoms with Crippen molar-refractivity contribution in [3.05, 3.63) is 41.5 Å². The zero-order chi connectivity index (χ0) is 12.3. The average molecular weight is 239 g/mol. The Morgan fingerprint density at radius 3 is 2.19 bits per heavy atom. The molecule has 16 heavy (non-hydrogen) atoms. The molecule has 0 radical (unpaired) electrons. The first-order valence-electron chi connectivity index (χ1n) is 5.03. The van der Waals surface area contributed by atoms with Crippen molar-refractivity contribution in [3.63, 3.8) is 0 Å². The molecule has 0 unspecified atom stereocenters. The fraction of sp³-hybridized carbons (Fsp3) is 0.333. The van der Waals surface area contributed by atoms with Crippen LogP contribution in [0.4, 0.5) is 0 Å². The second-order valence-corrected chi connectivity index (χ2v) is 5.87. The van der Waals surface area contributed by atoms with Crippen LogP contribution in [-0.4, -0.2) is 15.0 Å². The largest absolute Gasteiger partial charge is 0.240 e. The molecule has 1 rings (SSSR count). The molecule has 88 valence electrons. The Hall–Kier alpha value is -1.13. The molecule has 0 bridgehead atoms. The SMILES string of the molecule is C=C(C)CNS(=O)(=O)c1cc(C)cc(C)c1. The first kappa shape index (κ1) is 12.9. The molecule has 0 fully saturated rings. The van der Waals surface area contributed by atoms with Gasteiger partial charge in [0.25, 0.3) is 0 Å². The van der Waals surface area contributed by atoms with Gasteiger partial charge in [-0.1, -0.05) is 18.2 Å². The Morgan fingerprint density at radius 1 is 1.25 bits per heavy atom. The molecule has 0 aliphatic heterocycles. The molecule has 4 heteroatoms. The first-order valence-corrected chi connectivity index (χ1v) is 6.52. The highest BCUT2D eigenvalue weighted by Crippen LogP contribution is 2.14. The quantitative estimate of drug-likeness (QED) is 0.818. The number of hydrogen-bond acceptors (Lipinski definition) is 2. The normalized spacial score (nSPS) is 11.4. The third-order valence-electron chi connectivity index (χ3n) is 2.07. The van der Waals surface area contributed by atoms with E-state index in [0.29, 0.717) is 4.90 Å². The summed E-state index contributed by atoms with van der Waals surface area (Å²) in [5.41, 5.74) is 2.67. The van der Waals surface area contributed by atoms with Crippen LogP contribution in [0, 0.1) is 13.8 Å². The van der Waals surface area contributed by atoms with Crippen molar-refractivity contribution in [3.8, 4) is 0 Å². The molecule has 0 saturated heterocycles. The molecule has 0 amide bonds. The van der Waals surface area contributed by atoms with Gasteiger partial charge in [0.2, 0.25) is 10.0 Å². The van der Waals surface area contributed by atoms with E-state index in [9.17, 15) is 8.42 Å². The van der Waals surface area contributed by atoms with E-state index in [1.807, 2.05) is 19.9 Å². The molecule has 1 N–H and O–H groups in total. The predicted molar refractivity (Wildman–Crippen MR) is 65.9 cm³/mol. The third kappa shape index (κ3) is 3.47. The Labute approximate surface area is 97.2 Å². The maximum Gasteiger partial charge on any atom is 0.240 e. The van der Waals surface area contributed by atoms with Gasteiger partial charge in [-0.15, -0.1) is 0 Å². The van der Waals surface area contributed by atoms with Crippen LogP contribution in [0.25, 0.3) is 0 Å². The Bertz CT molecular complexity index is 484. The van der Waals surface area contributed by atoms with Crippen molar-refractivity contribution in [2.75, 3.05) is 6.54 Å². The fourth-order valence-electron chi connectivity index (χ4n) is 1.39. The zero-order valence-electron chi connectivity index (χ0n) is 9.87. The van der Waals surface area contributed by atoms with Crippen LogP contribution in [0.2, 0.25) is 0 Å². The van der Waals surface area contributed by atoms with E-state index in [2.05, 4.69) is 11.3 Å². The zero-order valence-corrected chi connectivity index (χ0v) is 10.7. The molecule has 0 aliphatic carbocycles. The van der Waals surface area contributed by atoms with Crippen LogP contribution in [0.15, 0.2) is 35.2 Å². The molecule has 0 atom stereocenters. The van der Waals surface area contributed by atoms with E-state index in [-0.39, 0.29) is 6.54 Å². The van der Waals surface area contributed by atoms with Gasteiger partial charge in [0.05, 0.1) is 4.90 Å². The number of hydrogen-bond donors (Lipinski definition) is 1. The van der Waals surface area contributed by atoms with Gasteiger partial charge < -0.3 is 0 Å². The van der Waals surface area contributed by atoms with Gasteiger partial charge in [-0.2, -0.15) is 0 Å². The van der Waals surface area contributed by atoms with Gasteiger partial charge in [-0.25, -0.2) is 13.1 Å². The molecule has 0 spiro atoms. The smallest absolute Gasteiger partial charge is 0.207 e. The average Bonchev–Trinajstić information content (AvgIpc) is 2.13. The van der Waals surface area contributed by atoms with Gasteiger partial charge in [-0.3, -0.25) is 0 Å². The van der Waals surface area contributed by atoms with Crippen LogP contribution < -0.4 is 4.72 Å². The van der Waals surface area contributed by atoms with Gasteiger partial charge in [-0.05, 0) is 44.0 Å². The number of benzene rings is 1. The highest BCUT2D eigenvalue weighted by Gasteiger charge is 2.13. The predicted octanol–water partition coefficient (Wildman–Crippen LogP) is 2.16. The highest BCUT2D eigenvalue weighted by molar-refractivity contribution is 7.89. The van der Waals surface area contributed by atoms with Crippen molar-refractivity contribution in [1.82, 2.24) is 4.72 Å². The lowest BCUT2D eigenvalue weighted by molar-refractivity contribution is 0.584. The number of rotatable bonds is 4. The van der Waals surface area contributed by atoms with E-state index >= 15 is 0 Å². The minimum absolute atomic E-state index is 0.273. The van der Waals surface area contributed by atoms with Crippen LogP contribution in [0.5, 0.6) is 0 Å². The minimum Gasteiger partial charge on any atom is -0.207 e. The Kier molecular flexibility index (Phi) is 3.88. The second kappa shape index (κ2) is 4.80. The monoisotopic (exact) mass is 239 g/mol. The molecule has 1 aromatic carbocycles. The second-order valence-electron chi connectivity index (χ2n) is 4.11. The van der Waals surface area contributed by atoms with Crippen LogP contribution in [-0.2, 0) is 10.0 Å². The lowest BCUT2D eigenvalue weighted by atomic mass is 10.2. The minimum atomic E-state index is -3.41. The molecule has 0 aromatic heterocycles. The van der Waals surface area contributed by atoms with E-state index in [1.165, 1.54) is 0 Å². The van der Waals surface area contributed by atoms with Crippen LogP contribution >= 0.6 is 0 Å². The Morgan fingerprint density at radius 2 is 1.75 bits per heavy atom. The van der Waals surface area contributed by atoms with E-state index in [4.69, 9.17) is 0 Å². The highest BCUT2D eigenvalue weighted by atomic mass is 32.2. The maximum absolute atomic E-state index is 11.9. The van der Waals surface area contributed by atoms with E-state index in [0.717, 1.165) is 16.7 Å². The fourth-order valence-corrected chi connectivity index (χ4v) is 2.67. The summed E-state index contributed by atoms with van der Waals surface area (Å²) in [4.78, 5) is 0.311. The third-order valence-corrected chi connectivity index (χ3v) is 3.45. The van der Waals surface area contributed by atoms with Crippen molar-refractivity contribution in [2.24, 2.45) is 0 Å². The summed E-state index contributed by atoms with van der Waals surface area (Å²) >= 11 is 0. The van der Waals surface area contributed by atoms with Crippen LogP contribution in [0.3, 0.4) is 0 Å². The summed E-state index contributed by atoms with van der Waals surface area (Å²) in [6.07, 6.45) is 0. The molecule has 3 nitrogen and oxygen atoms in total. The lowest BCUT2D eigenvalue weighted by Crippen LogP contribution is -2.25. The number of sulfonamides is 1. The Balaban J connectivity index is 3.02. The summed E-state index contributed by atoms with van der Waals surface area (Å²) in [5.74, 6) is 0. The first-order chi connectivity index (χ1) is 7.31. The molecule has 0 heterocycles. The van der Waals surface area contributed by atoms with Crippen molar-refractivity contribution in [2.45, 2.75) is 25.7 Å². The van der Waals surface area contributed by atoms with Crippen LogP contribution in [0.1, 0.15) is 18.1 Å².